The minimum Gasteiger partial charge on any atom is -0.491 e. The van der Waals surface area contributed by atoms with Gasteiger partial charge < -0.3 is 24.9 Å². The van der Waals surface area contributed by atoms with Gasteiger partial charge in [-0.2, -0.15) is 4.31 Å². The van der Waals surface area contributed by atoms with Crippen LogP contribution in [0.2, 0.25) is 0 Å². The molecule has 4 N–H and O–H groups in total. The molecule has 4 heterocycles. The highest BCUT2D eigenvalue weighted by atomic mass is 32.2. The third-order valence-corrected chi connectivity index (χ3v) is 10.7. The smallest absolute Gasteiger partial charge is 0.246 e. The number of nitrogens with one attached hydrogen (secondary N) is 3. The summed E-state index contributed by atoms with van der Waals surface area (Å²) < 4.78 is 66.0. The third-order valence-electron chi connectivity index (χ3n) is 7.33. The summed E-state index contributed by atoms with van der Waals surface area (Å²) >= 11 is 0. The van der Waals surface area contributed by atoms with Gasteiger partial charge in [0.25, 0.3) is 0 Å². The van der Waals surface area contributed by atoms with Crippen LogP contribution < -0.4 is 14.8 Å². The van der Waals surface area contributed by atoms with Gasteiger partial charge >= 0.3 is 0 Å². The van der Waals surface area contributed by atoms with E-state index in [4.69, 9.17) is 9.47 Å². The van der Waals surface area contributed by atoms with Gasteiger partial charge in [0.05, 0.1) is 22.6 Å². The van der Waals surface area contributed by atoms with Crippen LogP contribution in [0.1, 0.15) is 19.3 Å². The van der Waals surface area contributed by atoms with E-state index in [2.05, 4.69) is 20.0 Å². The fourth-order valence-corrected chi connectivity index (χ4v) is 7.45. The van der Waals surface area contributed by atoms with Gasteiger partial charge in [0.1, 0.15) is 28.9 Å². The van der Waals surface area contributed by atoms with Crippen LogP contribution in [0.5, 0.6) is 5.75 Å². The van der Waals surface area contributed by atoms with Gasteiger partial charge in [-0.25, -0.2) is 21.6 Å². The van der Waals surface area contributed by atoms with Gasteiger partial charge in [-0.15, -0.1) is 0 Å². The predicted molar refractivity (Wildman–Crippen MR) is 143 cm³/mol. The number of fused-ring (bicyclic) bond motifs is 1. The molecule has 2 aliphatic rings. The van der Waals surface area contributed by atoms with Gasteiger partial charge in [0, 0.05) is 44.1 Å². The molecule has 2 aliphatic heterocycles. The van der Waals surface area contributed by atoms with E-state index < -0.39 is 31.8 Å². The Bertz CT molecular complexity index is 1520. The first-order valence-electron chi connectivity index (χ1n) is 12.8. The number of benzene rings is 1. The van der Waals surface area contributed by atoms with Gasteiger partial charge in [-0.3, -0.25) is 4.98 Å². The number of piperidine rings is 1. The molecule has 12 nitrogen and oxygen atoms in total. The van der Waals surface area contributed by atoms with Gasteiger partial charge in [0.2, 0.25) is 20.0 Å². The summed E-state index contributed by atoms with van der Waals surface area (Å²) in [6.45, 7) is 1.44. The Morgan fingerprint density at radius 1 is 1.23 bits per heavy atom. The maximum Gasteiger partial charge on any atom is 0.246 e. The molecule has 0 radical (unpaired) electrons. The van der Waals surface area contributed by atoms with E-state index in [0.29, 0.717) is 55.7 Å². The topological polar surface area (TPSA) is 163 Å². The van der Waals surface area contributed by atoms with Gasteiger partial charge in [0.15, 0.2) is 0 Å². The molecule has 2 aromatic heterocycles. The largest absolute Gasteiger partial charge is 0.491 e. The molecule has 0 aliphatic carbocycles. The second-order valence-corrected chi connectivity index (χ2v) is 13.7. The first-order chi connectivity index (χ1) is 18.6. The van der Waals surface area contributed by atoms with Crippen molar-refractivity contribution in [2.24, 2.45) is 0 Å². The van der Waals surface area contributed by atoms with Crippen LogP contribution in [-0.2, 0) is 24.8 Å². The number of pyridine rings is 1. The molecule has 1 unspecified atom stereocenters. The highest BCUT2D eigenvalue weighted by Gasteiger charge is 2.45. The number of sulfonamides is 2. The highest BCUT2D eigenvalue weighted by Crippen LogP contribution is 2.38. The minimum absolute atomic E-state index is 0.00963. The van der Waals surface area contributed by atoms with Crippen LogP contribution in [-0.4, -0.2) is 93.9 Å². The quantitative estimate of drug-likeness (QED) is 0.272. The Morgan fingerprint density at radius 3 is 2.79 bits per heavy atom. The number of aromatic amines is 1. The molecule has 212 valence electrons. The first-order valence-corrected chi connectivity index (χ1v) is 15.7. The van der Waals surface area contributed by atoms with E-state index in [1.54, 1.807) is 30.5 Å². The van der Waals surface area contributed by atoms with E-state index in [-0.39, 0.29) is 29.0 Å². The van der Waals surface area contributed by atoms with Crippen LogP contribution in [0, 0.1) is 0 Å². The average Bonchev–Trinajstić information content (AvgIpc) is 3.56. The lowest BCUT2D eigenvalue weighted by Gasteiger charge is -2.37. The number of hydrogen-bond donors (Lipinski definition) is 4. The van der Waals surface area contributed by atoms with E-state index in [9.17, 15) is 21.9 Å². The van der Waals surface area contributed by atoms with Crippen molar-refractivity contribution in [3.63, 3.8) is 0 Å². The number of ether oxygens (including phenoxy) is 2. The third kappa shape index (κ3) is 5.96. The number of H-pyrrole nitrogens is 1. The molecular weight excluding hydrogens is 546 g/mol. The maximum absolute atomic E-state index is 13.3. The Hall–Kier alpha value is -2.59. The summed E-state index contributed by atoms with van der Waals surface area (Å²) in [4.78, 5) is 7.49. The van der Waals surface area contributed by atoms with E-state index in [1.807, 2.05) is 0 Å². The summed E-state index contributed by atoms with van der Waals surface area (Å²) in [7, 11) is -5.93. The van der Waals surface area contributed by atoms with Gasteiger partial charge in [-0.05, 0) is 50.6 Å². The molecule has 2 saturated heterocycles. The van der Waals surface area contributed by atoms with Crippen LogP contribution in [0.4, 0.5) is 0 Å². The zero-order valence-corrected chi connectivity index (χ0v) is 23.2. The van der Waals surface area contributed by atoms with Crippen molar-refractivity contribution in [3.8, 4) is 5.75 Å². The molecular formula is C25H33N5O7S2. The number of nitrogens with zero attached hydrogens (tertiary/aromatic N) is 2. The molecule has 3 aromatic rings. The van der Waals surface area contributed by atoms with Crippen molar-refractivity contribution >= 4 is 31.1 Å². The lowest BCUT2D eigenvalue weighted by Crippen LogP contribution is -2.47. The SMILES string of the molecule is CNS(=O)(=O)c1cccc(OC[C@@H](O)CNC2COC3(CCN(S(=O)(=O)c4c[nH]c5cccnc45)CC3)C2)c1. The molecule has 0 saturated carbocycles. The lowest BCUT2D eigenvalue weighted by molar-refractivity contribution is -0.0312. The number of aliphatic hydroxyl groups excluding tert-OH is 1. The minimum atomic E-state index is -3.68. The summed E-state index contributed by atoms with van der Waals surface area (Å²) in [5.74, 6) is 0.346. The first kappa shape index (κ1) is 28.0. The average molecular weight is 580 g/mol. The zero-order valence-electron chi connectivity index (χ0n) is 21.5. The van der Waals surface area contributed by atoms with Crippen LogP contribution >= 0.6 is 0 Å². The molecule has 0 bridgehead atoms. The Labute approximate surface area is 227 Å². The second-order valence-electron chi connectivity index (χ2n) is 9.91. The maximum atomic E-state index is 13.3. The fraction of sp³-hybridized carbons (Fsp3) is 0.480. The lowest BCUT2D eigenvalue weighted by atomic mass is 9.88. The number of aliphatic hydroxyl groups is 1. The molecule has 2 atom stereocenters. The van der Waals surface area contributed by atoms with E-state index in [1.165, 1.54) is 29.7 Å². The van der Waals surface area contributed by atoms with Crippen molar-refractivity contribution in [2.45, 2.75) is 46.8 Å². The number of rotatable bonds is 10. The summed E-state index contributed by atoms with van der Waals surface area (Å²) in [5.41, 5.74) is 0.723. The Morgan fingerprint density at radius 2 is 2.03 bits per heavy atom. The van der Waals surface area contributed by atoms with Crippen molar-refractivity contribution in [1.82, 2.24) is 24.3 Å². The van der Waals surface area contributed by atoms with E-state index >= 15 is 0 Å². The van der Waals surface area contributed by atoms with Crippen LogP contribution in [0.25, 0.3) is 11.0 Å². The Kier molecular flexibility index (Phi) is 7.97. The summed E-state index contributed by atoms with van der Waals surface area (Å²) in [5, 5.41) is 13.7. The molecule has 39 heavy (non-hydrogen) atoms. The van der Waals surface area contributed by atoms with Crippen molar-refractivity contribution < 1.29 is 31.4 Å². The fourth-order valence-electron chi connectivity index (χ4n) is 5.13. The van der Waals surface area contributed by atoms with E-state index in [0.717, 1.165) is 0 Å². The number of hydrogen-bond acceptors (Lipinski definition) is 9. The molecule has 1 aromatic carbocycles. The van der Waals surface area contributed by atoms with Gasteiger partial charge in [-0.1, -0.05) is 6.07 Å². The Balaban J connectivity index is 1.09. The second kappa shape index (κ2) is 11.1. The molecule has 5 rings (SSSR count). The van der Waals surface area contributed by atoms with Crippen molar-refractivity contribution in [3.05, 3.63) is 48.8 Å². The zero-order chi connectivity index (χ0) is 27.7. The molecule has 2 fully saturated rings. The number of aromatic nitrogens is 2. The van der Waals surface area contributed by atoms with Crippen LogP contribution in [0.15, 0.2) is 58.6 Å². The highest BCUT2D eigenvalue weighted by molar-refractivity contribution is 7.89. The molecule has 1 spiro atoms. The van der Waals surface area contributed by atoms with Crippen LogP contribution in [0.3, 0.4) is 0 Å². The summed E-state index contributed by atoms with van der Waals surface area (Å²) in [6, 6.07) is 9.65. The predicted octanol–water partition coefficient (Wildman–Crippen LogP) is 0.813. The standard InChI is InChI=1S/C25H33N5O7S2/c1-26-38(32,33)21-5-2-4-20(12-21)36-17-19(31)14-28-18-13-25(37-16-18)7-10-30(11-8-25)39(34,35)23-15-29-22-6-3-9-27-24(22)23/h2-6,9,12,15,18-19,26,28-29,31H,7-8,10-11,13-14,16-17H2,1H3/t18?,19-/m0/s1. The monoisotopic (exact) mass is 579 g/mol. The molecule has 14 heteroatoms. The van der Waals surface area contributed by atoms with Crippen molar-refractivity contribution in [1.29, 1.82) is 0 Å². The summed E-state index contributed by atoms with van der Waals surface area (Å²) in [6.07, 6.45) is 4.14. The normalized spacial score (nSPS) is 20.9. The molecule has 0 amide bonds. The van der Waals surface area contributed by atoms with Crippen molar-refractivity contribution in [2.75, 3.05) is 39.9 Å².